The number of rotatable bonds is 3. The molecule has 0 saturated carbocycles. The summed E-state index contributed by atoms with van der Waals surface area (Å²) in [5.74, 6) is -0.442. The van der Waals surface area contributed by atoms with Crippen molar-refractivity contribution in [3.05, 3.63) is 12.2 Å². The van der Waals surface area contributed by atoms with Crippen LogP contribution >= 0.6 is 0 Å². The molecule has 1 fully saturated rings. The Morgan fingerprint density at radius 1 is 1.37 bits per heavy atom. The van der Waals surface area contributed by atoms with Crippen LogP contribution in [0.2, 0.25) is 0 Å². The molecule has 108 valence electrons. The van der Waals surface area contributed by atoms with Crippen LogP contribution in [0.25, 0.3) is 0 Å². The van der Waals surface area contributed by atoms with E-state index in [1.54, 1.807) is 11.8 Å². The highest BCUT2D eigenvalue weighted by Crippen LogP contribution is 2.25. The largest absolute Gasteiger partial charge is 0.463 e. The van der Waals surface area contributed by atoms with Gasteiger partial charge in [-0.3, -0.25) is 0 Å². The number of hydrogen-bond acceptors (Lipinski definition) is 4. The van der Waals surface area contributed by atoms with Crippen molar-refractivity contribution in [2.24, 2.45) is 0 Å². The Balaban J connectivity index is 2.71. The van der Waals surface area contributed by atoms with Crippen LogP contribution in [-0.4, -0.2) is 41.8 Å². The lowest BCUT2D eigenvalue weighted by Gasteiger charge is -2.28. The zero-order valence-corrected chi connectivity index (χ0v) is 12.2. The van der Waals surface area contributed by atoms with Crippen molar-refractivity contribution >= 4 is 12.1 Å². The Labute approximate surface area is 114 Å². The van der Waals surface area contributed by atoms with Crippen LogP contribution in [0.3, 0.4) is 0 Å². The Hall–Kier alpha value is -1.52. The number of amides is 1. The maximum Gasteiger partial charge on any atom is 0.410 e. The van der Waals surface area contributed by atoms with Crippen LogP contribution in [0.5, 0.6) is 0 Å². The highest BCUT2D eigenvalue weighted by molar-refractivity contribution is 5.90. The van der Waals surface area contributed by atoms with Crippen molar-refractivity contribution in [3.63, 3.8) is 0 Å². The summed E-state index contributed by atoms with van der Waals surface area (Å²) in [6, 6.07) is -0.311. The fourth-order valence-electron chi connectivity index (χ4n) is 2.03. The average Bonchev–Trinajstić information content (AvgIpc) is 2.74. The maximum atomic E-state index is 12.1. The third-order valence-corrected chi connectivity index (χ3v) is 2.82. The smallest absolute Gasteiger partial charge is 0.410 e. The summed E-state index contributed by atoms with van der Waals surface area (Å²) in [6.45, 7) is 11.8. The second kappa shape index (κ2) is 6.08. The fourth-order valence-corrected chi connectivity index (χ4v) is 2.03. The topological polar surface area (TPSA) is 55.8 Å². The van der Waals surface area contributed by atoms with E-state index in [1.807, 2.05) is 20.8 Å². The second-order valence-corrected chi connectivity index (χ2v) is 5.58. The monoisotopic (exact) mass is 269 g/mol. The van der Waals surface area contributed by atoms with Gasteiger partial charge in [-0.1, -0.05) is 6.58 Å². The summed E-state index contributed by atoms with van der Waals surface area (Å²) in [6.07, 6.45) is 1.15. The molecule has 0 aromatic carbocycles. The molecule has 1 aliphatic heterocycles. The molecule has 0 bridgehead atoms. The predicted octanol–water partition coefficient (Wildman–Crippen LogP) is 2.51. The lowest BCUT2D eigenvalue weighted by atomic mass is 10.1. The molecule has 19 heavy (non-hydrogen) atoms. The number of esters is 1. The number of nitrogens with zero attached hydrogens (tertiary/aromatic N) is 1. The molecule has 1 aliphatic rings. The normalized spacial score (nSPS) is 19.2. The molecule has 5 nitrogen and oxygen atoms in total. The van der Waals surface area contributed by atoms with Gasteiger partial charge in [0.1, 0.15) is 5.60 Å². The molecular weight excluding hydrogens is 246 g/mol. The van der Waals surface area contributed by atoms with Gasteiger partial charge in [-0.25, -0.2) is 9.59 Å². The molecule has 0 aromatic rings. The second-order valence-electron chi connectivity index (χ2n) is 5.58. The van der Waals surface area contributed by atoms with Crippen LogP contribution in [0.1, 0.15) is 40.5 Å². The van der Waals surface area contributed by atoms with Crippen molar-refractivity contribution < 1.29 is 19.1 Å². The lowest BCUT2D eigenvalue weighted by Crippen LogP contribution is -2.41. The summed E-state index contributed by atoms with van der Waals surface area (Å²) in [5.41, 5.74) is -0.222. The van der Waals surface area contributed by atoms with E-state index in [4.69, 9.17) is 9.47 Å². The van der Waals surface area contributed by atoms with Crippen LogP contribution in [0, 0.1) is 0 Å². The summed E-state index contributed by atoms with van der Waals surface area (Å²) >= 11 is 0. The Morgan fingerprint density at radius 3 is 2.53 bits per heavy atom. The molecule has 1 saturated heterocycles. The summed E-state index contributed by atoms with van der Waals surface area (Å²) in [7, 11) is 0. The van der Waals surface area contributed by atoms with E-state index in [2.05, 4.69) is 6.58 Å². The van der Waals surface area contributed by atoms with E-state index in [1.165, 1.54) is 0 Å². The summed E-state index contributed by atoms with van der Waals surface area (Å²) in [5, 5.41) is 0. The van der Waals surface area contributed by atoms with E-state index in [0.717, 1.165) is 12.8 Å². The van der Waals surface area contributed by atoms with Gasteiger partial charge in [0, 0.05) is 6.54 Å². The quantitative estimate of drug-likeness (QED) is 0.583. The molecule has 5 heteroatoms. The first-order chi connectivity index (χ1) is 8.76. The molecule has 0 spiro atoms. The van der Waals surface area contributed by atoms with Gasteiger partial charge in [-0.2, -0.15) is 0 Å². The van der Waals surface area contributed by atoms with Crippen molar-refractivity contribution in [1.82, 2.24) is 4.90 Å². The van der Waals surface area contributed by atoms with Gasteiger partial charge in [0.2, 0.25) is 0 Å². The van der Waals surface area contributed by atoms with Crippen LogP contribution in [0.4, 0.5) is 4.79 Å². The third-order valence-electron chi connectivity index (χ3n) is 2.82. The minimum atomic E-state index is -0.546. The third kappa shape index (κ3) is 4.26. The maximum absolute atomic E-state index is 12.1. The molecule has 0 aromatic heterocycles. The SMILES string of the molecule is C=C(C(=O)OCC)C1CCCN1C(=O)OC(C)(C)C. The fraction of sp³-hybridized carbons (Fsp3) is 0.714. The lowest BCUT2D eigenvalue weighted by molar-refractivity contribution is -0.139. The minimum Gasteiger partial charge on any atom is -0.463 e. The van der Waals surface area contributed by atoms with Gasteiger partial charge in [0.05, 0.1) is 18.2 Å². The van der Waals surface area contributed by atoms with Gasteiger partial charge in [0.25, 0.3) is 0 Å². The highest BCUT2D eigenvalue weighted by atomic mass is 16.6. The molecule has 1 heterocycles. The van der Waals surface area contributed by atoms with Crippen molar-refractivity contribution in [2.45, 2.75) is 52.2 Å². The van der Waals surface area contributed by atoms with E-state index in [0.29, 0.717) is 18.7 Å². The first-order valence-corrected chi connectivity index (χ1v) is 6.61. The molecule has 1 unspecified atom stereocenters. The van der Waals surface area contributed by atoms with E-state index >= 15 is 0 Å². The molecule has 0 radical (unpaired) electrons. The van der Waals surface area contributed by atoms with Crippen LogP contribution < -0.4 is 0 Å². The summed E-state index contributed by atoms with van der Waals surface area (Å²) < 4.78 is 10.3. The minimum absolute atomic E-state index is 0.303. The first-order valence-electron chi connectivity index (χ1n) is 6.61. The molecule has 0 N–H and O–H groups in total. The van der Waals surface area contributed by atoms with Gasteiger partial charge < -0.3 is 14.4 Å². The Kier molecular flexibility index (Phi) is 4.97. The number of ether oxygens (including phenoxy) is 2. The zero-order valence-electron chi connectivity index (χ0n) is 12.2. The van der Waals surface area contributed by atoms with Gasteiger partial charge >= 0.3 is 12.1 Å². The van der Waals surface area contributed by atoms with Crippen molar-refractivity contribution in [2.75, 3.05) is 13.2 Å². The van der Waals surface area contributed by atoms with Crippen LogP contribution in [-0.2, 0) is 14.3 Å². The molecule has 0 aliphatic carbocycles. The Morgan fingerprint density at radius 2 is 2.00 bits per heavy atom. The zero-order chi connectivity index (χ0) is 14.6. The van der Waals surface area contributed by atoms with Crippen molar-refractivity contribution in [3.8, 4) is 0 Å². The molecule has 1 atom stereocenters. The van der Waals surface area contributed by atoms with Gasteiger partial charge in [0.15, 0.2) is 0 Å². The van der Waals surface area contributed by atoms with Crippen LogP contribution in [0.15, 0.2) is 12.2 Å². The van der Waals surface area contributed by atoms with E-state index < -0.39 is 17.7 Å². The predicted molar refractivity (Wildman–Crippen MR) is 71.7 cm³/mol. The Bertz CT molecular complexity index is 370. The number of carbonyl (C=O) groups excluding carboxylic acids is 2. The molecule has 1 amide bonds. The first kappa shape index (κ1) is 15.5. The number of likely N-dealkylation sites (tertiary alicyclic amines) is 1. The molecular formula is C14H23NO4. The highest BCUT2D eigenvalue weighted by Gasteiger charge is 2.36. The number of carbonyl (C=O) groups is 2. The van der Waals surface area contributed by atoms with E-state index in [-0.39, 0.29) is 6.04 Å². The summed E-state index contributed by atoms with van der Waals surface area (Å²) in [4.78, 5) is 25.3. The van der Waals surface area contributed by atoms with E-state index in [9.17, 15) is 9.59 Å². The standard InChI is InChI=1S/C14H23NO4/c1-6-18-12(16)10(2)11-8-7-9-15(11)13(17)19-14(3,4)5/h11H,2,6-9H2,1,3-5H3. The van der Waals surface area contributed by atoms with Crippen molar-refractivity contribution in [1.29, 1.82) is 0 Å². The molecule has 1 rings (SSSR count). The number of hydrogen-bond donors (Lipinski definition) is 0. The average molecular weight is 269 g/mol. The van der Waals surface area contributed by atoms with Gasteiger partial charge in [-0.15, -0.1) is 0 Å². The van der Waals surface area contributed by atoms with Gasteiger partial charge in [-0.05, 0) is 40.5 Å².